The van der Waals surface area contributed by atoms with Crippen molar-refractivity contribution in [3.63, 3.8) is 0 Å². The van der Waals surface area contributed by atoms with Crippen LogP contribution in [0.4, 0.5) is 8.78 Å². The van der Waals surface area contributed by atoms with Crippen LogP contribution in [0, 0.1) is 18.7 Å². The molecule has 0 bridgehead atoms. The Morgan fingerprint density at radius 2 is 2.00 bits per heavy atom. The molecule has 1 aromatic carbocycles. The van der Waals surface area contributed by atoms with Crippen LogP contribution in [0.3, 0.4) is 0 Å². The summed E-state index contributed by atoms with van der Waals surface area (Å²) in [7, 11) is 1.96. The van der Waals surface area contributed by atoms with Crippen molar-refractivity contribution in [2.24, 2.45) is 7.05 Å². The molecule has 0 aliphatic heterocycles. The molecule has 6 heteroatoms. The number of thiazole rings is 1. The lowest BCUT2D eigenvalue weighted by molar-refractivity contribution is -0.660. The summed E-state index contributed by atoms with van der Waals surface area (Å²) in [4.78, 5) is 0.206. The van der Waals surface area contributed by atoms with E-state index >= 15 is 0 Å². The quantitative estimate of drug-likeness (QED) is 0.491. The first kappa shape index (κ1) is 13.3. The van der Waals surface area contributed by atoms with E-state index in [0.29, 0.717) is 5.52 Å². The van der Waals surface area contributed by atoms with Gasteiger partial charge in [-0.05, 0) is 24.6 Å². The molecule has 0 spiro atoms. The number of aryl methyl sites for hydroxylation is 2. The first-order valence-electron chi connectivity index (χ1n) is 6.79. The number of nitrogens with zero attached hydrogens (tertiary/aromatic N) is 3. The van der Waals surface area contributed by atoms with Crippen molar-refractivity contribution in [3.05, 3.63) is 53.9 Å². The molecule has 3 heterocycles. The van der Waals surface area contributed by atoms with E-state index in [-0.39, 0.29) is 4.83 Å². The lowest BCUT2D eigenvalue weighted by Gasteiger charge is -2.05. The van der Waals surface area contributed by atoms with E-state index in [1.54, 1.807) is 0 Å². The normalized spacial score (nSPS) is 11.6. The van der Waals surface area contributed by atoms with Crippen molar-refractivity contribution >= 4 is 26.4 Å². The molecule has 4 aromatic rings. The van der Waals surface area contributed by atoms with Gasteiger partial charge in [0.25, 0.3) is 5.95 Å². The summed E-state index contributed by atoms with van der Waals surface area (Å²) in [5, 5.41) is 3.67. The van der Waals surface area contributed by atoms with Crippen LogP contribution in [0.25, 0.3) is 26.3 Å². The van der Waals surface area contributed by atoms with Gasteiger partial charge in [0.2, 0.25) is 11.5 Å². The monoisotopic (exact) mass is 316 g/mol. The average molecular weight is 316 g/mol. The number of rotatable bonds is 1. The maximum Gasteiger partial charge on any atom is 0.270 e. The maximum absolute atomic E-state index is 13.9. The topological polar surface area (TPSA) is 21.2 Å². The van der Waals surface area contributed by atoms with Crippen LogP contribution in [0.1, 0.15) is 5.56 Å². The van der Waals surface area contributed by atoms with Crippen LogP contribution in [0.5, 0.6) is 0 Å². The Labute approximate surface area is 129 Å². The third-order valence-electron chi connectivity index (χ3n) is 3.83. The van der Waals surface area contributed by atoms with Crippen LogP contribution in [0.2, 0.25) is 0 Å². The van der Waals surface area contributed by atoms with Gasteiger partial charge in [-0.25, -0.2) is 9.08 Å². The summed E-state index contributed by atoms with van der Waals surface area (Å²) >= 11 is 1.23. The van der Waals surface area contributed by atoms with Crippen LogP contribution < -0.4 is 4.57 Å². The standard InChI is InChI=1S/C16H12F2N3S/c1-9-6-7-11-14(12(9)10-5-3-4-8-20(10)2)22-16-13(17)15(18)19-21(11)16/h3-8H,1-2H3/q+1. The van der Waals surface area contributed by atoms with Gasteiger partial charge in [-0.15, -0.1) is 16.4 Å². The Bertz CT molecular complexity index is 1030. The second kappa shape index (κ2) is 4.58. The van der Waals surface area contributed by atoms with E-state index < -0.39 is 11.8 Å². The van der Waals surface area contributed by atoms with Crippen LogP contribution in [-0.2, 0) is 7.05 Å². The second-order valence-corrected chi connectivity index (χ2v) is 6.23. The molecule has 0 saturated heterocycles. The van der Waals surface area contributed by atoms with Crippen LogP contribution in [0.15, 0.2) is 36.5 Å². The molecule has 3 aromatic heterocycles. The number of halogens is 2. The molecule has 0 saturated carbocycles. The van der Waals surface area contributed by atoms with Crippen molar-refractivity contribution in [3.8, 4) is 11.3 Å². The van der Waals surface area contributed by atoms with Gasteiger partial charge in [-0.3, -0.25) is 0 Å². The molecular formula is C16H12F2N3S+. The zero-order chi connectivity index (χ0) is 15.4. The fraction of sp³-hybridized carbons (Fsp3) is 0.125. The summed E-state index contributed by atoms with van der Waals surface area (Å²) in [5.41, 5.74) is 3.85. The number of hydrogen-bond donors (Lipinski definition) is 0. The van der Waals surface area contributed by atoms with Crippen LogP contribution >= 0.6 is 11.3 Å². The van der Waals surface area contributed by atoms with Gasteiger partial charge in [0.15, 0.2) is 11.0 Å². The highest BCUT2D eigenvalue weighted by Crippen LogP contribution is 2.37. The lowest BCUT2D eigenvalue weighted by Crippen LogP contribution is -2.30. The number of fused-ring (bicyclic) bond motifs is 3. The Kier molecular flexibility index (Phi) is 2.77. The van der Waals surface area contributed by atoms with Crippen molar-refractivity contribution in [1.82, 2.24) is 9.61 Å². The van der Waals surface area contributed by atoms with Gasteiger partial charge in [-0.1, -0.05) is 6.07 Å². The van der Waals surface area contributed by atoms with Gasteiger partial charge in [0, 0.05) is 12.1 Å². The van der Waals surface area contributed by atoms with E-state index in [4.69, 9.17) is 0 Å². The summed E-state index contributed by atoms with van der Waals surface area (Å²) in [6.45, 7) is 2.02. The molecule has 0 N–H and O–H groups in total. The summed E-state index contributed by atoms with van der Waals surface area (Å²) < 4.78 is 31.5. The highest BCUT2D eigenvalue weighted by molar-refractivity contribution is 7.24. The second-order valence-electron chi connectivity index (χ2n) is 5.23. The maximum atomic E-state index is 13.9. The lowest BCUT2D eigenvalue weighted by atomic mass is 10.0. The predicted molar refractivity (Wildman–Crippen MR) is 81.8 cm³/mol. The van der Waals surface area contributed by atoms with E-state index in [1.165, 1.54) is 15.9 Å². The summed E-state index contributed by atoms with van der Waals surface area (Å²) in [6, 6.07) is 9.74. The van der Waals surface area contributed by atoms with Crippen molar-refractivity contribution in [2.45, 2.75) is 6.92 Å². The minimum absolute atomic E-state index is 0.206. The van der Waals surface area contributed by atoms with Crippen molar-refractivity contribution < 1.29 is 13.3 Å². The number of aromatic nitrogens is 3. The SMILES string of the molecule is Cc1ccc2c(sc3c(F)c(F)nn32)c1-c1cccc[n+]1C. The van der Waals surface area contributed by atoms with E-state index in [0.717, 1.165) is 21.5 Å². The Balaban J connectivity index is 2.16. The molecule has 110 valence electrons. The molecule has 4 rings (SSSR count). The van der Waals surface area contributed by atoms with Crippen LogP contribution in [-0.4, -0.2) is 9.61 Å². The van der Waals surface area contributed by atoms with E-state index in [2.05, 4.69) is 5.10 Å². The molecule has 0 aliphatic rings. The molecule has 0 atom stereocenters. The van der Waals surface area contributed by atoms with Crippen molar-refractivity contribution in [1.29, 1.82) is 0 Å². The highest BCUT2D eigenvalue weighted by atomic mass is 32.1. The van der Waals surface area contributed by atoms with Gasteiger partial charge in [0.05, 0.1) is 15.8 Å². The molecule has 3 nitrogen and oxygen atoms in total. The third-order valence-corrected chi connectivity index (χ3v) is 5.00. The first-order valence-corrected chi connectivity index (χ1v) is 7.60. The fourth-order valence-electron chi connectivity index (χ4n) is 2.75. The molecule has 0 amide bonds. The van der Waals surface area contributed by atoms with Crippen molar-refractivity contribution in [2.75, 3.05) is 0 Å². The van der Waals surface area contributed by atoms with Gasteiger partial charge >= 0.3 is 0 Å². The Morgan fingerprint density at radius 1 is 1.18 bits per heavy atom. The Morgan fingerprint density at radius 3 is 2.77 bits per heavy atom. The number of hydrogen-bond acceptors (Lipinski definition) is 2. The molecule has 0 radical (unpaired) electrons. The average Bonchev–Trinajstić information content (AvgIpc) is 2.98. The summed E-state index contributed by atoms with van der Waals surface area (Å²) in [6.07, 6.45) is 1.96. The molecular weight excluding hydrogens is 304 g/mol. The predicted octanol–water partition coefficient (Wildman–Crippen LogP) is 3.63. The number of pyridine rings is 1. The molecule has 0 aliphatic carbocycles. The van der Waals surface area contributed by atoms with Gasteiger partial charge < -0.3 is 0 Å². The van der Waals surface area contributed by atoms with Gasteiger partial charge in [0.1, 0.15) is 7.05 Å². The zero-order valence-electron chi connectivity index (χ0n) is 12.0. The Hall–Kier alpha value is -2.34. The smallest absolute Gasteiger partial charge is 0.216 e. The van der Waals surface area contributed by atoms with E-state index in [9.17, 15) is 8.78 Å². The third kappa shape index (κ3) is 1.70. The number of benzene rings is 1. The highest BCUT2D eigenvalue weighted by Gasteiger charge is 2.22. The zero-order valence-corrected chi connectivity index (χ0v) is 12.8. The van der Waals surface area contributed by atoms with Gasteiger partial charge in [-0.2, -0.15) is 8.78 Å². The largest absolute Gasteiger partial charge is 0.270 e. The minimum atomic E-state index is -1.06. The minimum Gasteiger partial charge on any atom is -0.216 e. The fourth-order valence-corrected chi connectivity index (χ4v) is 3.97. The molecule has 22 heavy (non-hydrogen) atoms. The first-order chi connectivity index (χ1) is 10.6. The molecule has 0 fully saturated rings. The van der Waals surface area contributed by atoms with E-state index in [1.807, 2.05) is 55.1 Å². The summed E-state index contributed by atoms with van der Waals surface area (Å²) in [5.74, 6) is -1.94. The molecule has 0 unspecified atom stereocenters.